The van der Waals surface area contributed by atoms with E-state index in [4.69, 9.17) is 0 Å². The monoisotopic (exact) mass is 281 g/mol. The number of hydrogen-bond donors (Lipinski definition) is 2. The van der Waals surface area contributed by atoms with E-state index in [0.717, 1.165) is 34.3 Å². The van der Waals surface area contributed by atoms with Crippen LogP contribution in [-0.4, -0.2) is 16.0 Å². The Hall–Kier alpha value is -0.870. The maximum absolute atomic E-state index is 4.52. The van der Waals surface area contributed by atoms with Gasteiger partial charge in [0.05, 0.1) is 17.6 Å². The molecular formula is C12H16BrN3. The van der Waals surface area contributed by atoms with Crippen LogP contribution < -0.4 is 5.32 Å². The fraction of sp³-hybridized carbons (Fsp3) is 0.417. The normalized spacial score (nSPS) is 13.2. The van der Waals surface area contributed by atoms with Gasteiger partial charge in [-0.3, -0.25) is 0 Å². The highest BCUT2D eigenvalue weighted by Gasteiger charge is 2.04. The summed E-state index contributed by atoms with van der Waals surface area (Å²) in [7, 11) is 0. The van der Waals surface area contributed by atoms with Gasteiger partial charge in [0.1, 0.15) is 5.82 Å². The molecule has 0 spiro atoms. The van der Waals surface area contributed by atoms with Gasteiger partial charge in [-0.1, -0.05) is 22.9 Å². The molecule has 0 saturated heterocycles. The molecule has 1 heterocycles. The van der Waals surface area contributed by atoms with Gasteiger partial charge < -0.3 is 10.3 Å². The molecule has 16 heavy (non-hydrogen) atoms. The number of nitrogens with one attached hydrogen (secondary N) is 2. The molecule has 86 valence electrons. The summed E-state index contributed by atoms with van der Waals surface area (Å²) in [5.41, 5.74) is 2.10. The minimum absolute atomic E-state index is 0.528. The third-order valence-corrected chi connectivity index (χ3v) is 3.22. The highest BCUT2D eigenvalue weighted by atomic mass is 79.9. The van der Waals surface area contributed by atoms with E-state index >= 15 is 0 Å². The molecule has 2 N–H and O–H groups in total. The van der Waals surface area contributed by atoms with Gasteiger partial charge in [-0.05, 0) is 31.5 Å². The lowest BCUT2D eigenvalue weighted by Crippen LogP contribution is -2.24. The summed E-state index contributed by atoms with van der Waals surface area (Å²) >= 11 is 3.45. The number of rotatable bonds is 4. The topological polar surface area (TPSA) is 40.7 Å². The standard InChI is InChI=1S/C12H16BrN3/c1-3-8(2)14-7-12-15-10-5-4-9(13)6-11(10)16-12/h4-6,8,14H,3,7H2,1-2H3,(H,15,16). The Morgan fingerprint density at radius 2 is 2.31 bits per heavy atom. The first kappa shape index (κ1) is 11.6. The average molecular weight is 282 g/mol. The van der Waals surface area contributed by atoms with Crippen molar-refractivity contribution in [2.24, 2.45) is 0 Å². The van der Waals surface area contributed by atoms with Gasteiger partial charge in [-0.15, -0.1) is 0 Å². The van der Waals surface area contributed by atoms with E-state index in [1.54, 1.807) is 0 Å². The lowest BCUT2D eigenvalue weighted by Gasteiger charge is -2.08. The molecule has 2 rings (SSSR count). The smallest absolute Gasteiger partial charge is 0.121 e. The molecule has 0 saturated carbocycles. The number of aromatic nitrogens is 2. The number of aromatic amines is 1. The molecule has 0 bridgehead atoms. The zero-order valence-corrected chi connectivity index (χ0v) is 11.1. The lowest BCUT2D eigenvalue weighted by molar-refractivity contribution is 0.525. The van der Waals surface area contributed by atoms with E-state index in [9.17, 15) is 0 Å². The third-order valence-electron chi connectivity index (χ3n) is 2.72. The number of hydrogen-bond acceptors (Lipinski definition) is 2. The van der Waals surface area contributed by atoms with Crippen molar-refractivity contribution < 1.29 is 0 Å². The fourth-order valence-electron chi connectivity index (χ4n) is 1.53. The van der Waals surface area contributed by atoms with Crippen LogP contribution in [0, 0.1) is 0 Å². The minimum atomic E-state index is 0.528. The van der Waals surface area contributed by atoms with Crippen LogP contribution in [0.2, 0.25) is 0 Å². The molecule has 0 aliphatic rings. The van der Waals surface area contributed by atoms with E-state index in [1.807, 2.05) is 12.1 Å². The van der Waals surface area contributed by atoms with Gasteiger partial charge in [-0.25, -0.2) is 4.98 Å². The summed E-state index contributed by atoms with van der Waals surface area (Å²) in [6.45, 7) is 5.15. The molecule has 0 aliphatic carbocycles. The van der Waals surface area contributed by atoms with Crippen LogP contribution in [0.15, 0.2) is 22.7 Å². The van der Waals surface area contributed by atoms with E-state index in [2.05, 4.69) is 51.1 Å². The van der Waals surface area contributed by atoms with Crippen LogP contribution in [0.25, 0.3) is 11.0 Å². The third kappa shape index (κ3) is 2.62. The number of H-pyrrole nitrogens is 1. The second kappa shape index (κ2) is 4.97. The van der Waals surface area contributed by atoms with Crippen molar-refractivity contribution in [1.29, 1.82) is 0 Å². The Kier molecular flexibility index (Phi) is 3.61. The Labute approximate surface area is 104 Å². The molecule has 0 aliphatic heterocycles. The number of benzene rings is 1. The summed E-state index contributed by atoms with van der Waals surface area (Å²) in [4.78, 5) is 7.83. The zero-order chi connectivity index (χ0) is 11.5. The largest absolute Gasteiger partial charge is 0.341 e. The maximum Gasteiger partial charge on any atom is 0.121 e. The maximum atomic E-state index is 4.52. The first-order chi connectivity index (χ1) is 7.69. The van der Waals surface area contributed by atoms with Crippen molar-refractivity contribution in [2.45, 2.75) is 32.9 Å². The molecule has 0 amide bonds. The Balaban J connectivity index is 2.13. The molecule has 0 fully saturated rings. The summed E-state index contributed by atoms with van der Waals surface area (Å²) in [5.74, 6) is 0.994. The van der Waals surface area contributed by atoms with Gasteiger partial charge in [0, 0.05) is 10.5 Å². The van der Waals surface area contributed by atoms with Crippen molar-refractivity contribution in [1.82, 2.24) is 15.3 Å². The summed E-state index contributed by atoms with van der Waals surface area (Å²) in [5, 5.41) is 3.42. The number of halogens is 1. The Bertz CT molecular complexity index is 478. The molecule has 3 nitrogen and oxygen atoms in total. The van der Waals surface area contributed by atoms with Crippen molar-refractivity contribution >= 4 is 27.0 Å². The summed E-state index contributed by atoms with van der Waals surface area (Å²) < 4.78 is 1.07. The van der Waals surface area contributed by atoms with E-state index in [-0.39, 0.29) is 0 Å². The van der Waals surface area contributed by atoms with Crippen LogP contribution in [-0.2, 0) is 6.54 Å². The lowest BCUT2D eigenvalue weighted by atomic mass is 10.2. The van der Waals surface area contributed by atoms with Crippen molar-refractivity contribution in [3.63, 3.8) is 0 Å². The van der Waals surface area contributed by atoms with Crippen LogP contribution in [0.5, 0.6) is 0 Å². The van der Waals surface area contributed by atoms with Gasteiger partial charge in [0.2, 0.25) is 0 Å². The average Bonchev–Trinajstić information content (AvgIpc) is 2.67. The summed E-state index contributed by atoms with van der Waals surface area (Å²) in [6.07, 6.45) is 1.13. The molecule has 0 radical (unpaired) electrons. The van der Waals surface area contributed by atoms with Crippen molar-refractivity contribution in [3.8, 4) is 0 Å². The highest BCUT2D eigenvalue weighted by molar-refractivity contribution is 9.10. The molecular weight excluding hydrogens is 266 g/mol. The first-order valence-electron chi connectivity index (χ1n) is 5.56. The van der Waals surface area contributed by atoms with E-state index in [0.29, 0.717) is 6.04 Å². The number of fused-ring (bicyclic) bond motifs is 1. The Morgan fingerprint density at radius 1 is 1.50 bits per heavy atom. The molecule has 4 heteroatoms. The van der Waals surface area contributed by atoms with E-state index < -0.39 is 0 Å². The first-order valence-corrected chi connectivity index (χ1v) is 6.36. The number of nitrogens with zero attached hydrogens (tertiary/aromatic N) is 1. The molecule has 1 aromatic carbocycles. The molecule has 1 atom stereocenters. The van der Waals surface area contributed by atoms with Gasteiger partial charge in [-0.2, -0.15) is 0 Å². The predicted octanol–water partition coefficient (Wildman–Crippen LogP) is 3.21. The zero-order valence-electron chi connectivity index (χ0n) is 9.55. The minimum Gasteiger partial charge on any atom is -0.341 e. The highest BCUT2D eigenvalue weighted by Crippen LogP contribution is 2.17. The van der Waals surface area contributed by atoms with Gasteiger partial charge >= 0.3 is 0 Å². The second-order valence-electron chi connectivity index (χ2n) is 4.04. The molecule has 1 aromatic heterocycles. The second-order valence-corrected chi connectivity index (χ2v) is 4.95. The quantitative estimate of drug-likeness (QED) is 0.904. The molecule has 1 unspecified atom stereocenters. The van der Waals surface area contributed by atoms with Crippen LogP contribution in [0.1, 0.15) is 26.1 Å². The van der Waals surface area contributed by atoms with Gasteiger partial charge in [0.25, 0.3) is 0 Å². The number of imidazole rings is 1. The SMILES string of the molecule is CCC(C)NCc1nc2ccc(Br)cc2[nH]1. The van der Waals surface area contributed by atoms with Gasteiger partial charge in [0.15, 0.2) is 0 Å². The van der Waals surface area contributed by atoms with E-state index in [1.165, 1.54) is 0 Å². The van der Waals surface area contributed by atoms with Crippen molar-refractivity contribution in [2.75, 3.05) is 0 Å². The predicted molar refractivity (Wildman–Crippen MR) is 70.4 cm³/mol. The summed E-state index contributed by atoms with van der Waals surface area (Å²) in [6, 6.07) is 6.60. The molecule has 2 aromatic rings. The van der Waals surface area contributed by atoms with Crippen molar-refractivity contribution in [3.05, 3.63) is 28.5 Å². The Morgan fingerprint density at radius 3 is 3.06 bits per heavy atom. The van der Waals surface area contributed by atoms with Crippen LogP contribution >= 0.6 is 15.9 Å². The fourth-order valence-corrected chi connectivity index (χ4v) is 1.89. The van der Waals surface area contributed by atoms with Crippen LogP contribution in [0.3, 0.4) is 0 Å². The van der Waals surface area contributed by atoms with Crippen LogP contribution in [0.4, 0.5) is 0 Å².